The molecule has 3 heteroatoms. The zero-order chi connectivity index (χ0) is 12.5. The van der Waals surface area contributed by atoms with E-state index in [1.165, 1.54) is 11.1 Å². The van der Waals surface area contributed by atoms with Crippen LogP contribution in [-0.2, 0) is 17.6 Å². The summed E-state index contributed by atoms with van der Waals surface area (Å²) in [7, 11) is 0. The first-order chi connectivity index (χ1) is 8.72. The molecule has 0 saturated heterocycles. The van der Waals surface area contributed by atoms with E-state index in [2.05, 4.69) is 29.6 Å². The lowest BCUT2D eigenvalue weighted by molar-refractivity contribution is -0.126. The summed E-state index contributed by atoms with van der Waals surface area (Å²) in [5.74, 6) is 0.373. The second kappa shape index (κ2) is 4.73. The Labute approximate surface area is 108 Å². The highest BCUT2D eigenvalue weighted by molar-refractivity contribution is 5.79. The normalized spacial score (nSPS) is 30.2. The summed E-state index contributed by atoms with van der Waals surface area (Å²) in [6, 6.07) is 9.08. The molecular formula is C15H20N2O. The lowest BCUT2D eigenvalue weighted by atomic mass is 9.82. The number of nitrogens with one attached hydrogen (secondary N) is 1. The minimum atomic E-state index is 0.150. The fraction of sp³-hybridized carbons (Fsp3) is 0.533. The van der Waals surface area contributed by atoms with Crippen LogP contribution < -0.4 is 11.1 Å². The van der Waals surface area contributed by atoms with Crippen molar-refractivity contribution in [3.8, 4) is 0 Å². The smallest absolute Gasteiger partial charge is 0.223 e. The monoisotopic (exact) mass is 244 g/mol. The van der Waals surface area contributed by atoms with Gasteiger partial charge in [0, 0.05) is 18.0 Å². The topological polar surface area (TPSA) is 55.1 Å². The van der Waals surface area contributed by atoms with Gasteiger partial charge in [-0.3, -0.25) is 4.79 Å². The Bertz CT molecular complexity index is 452. The Morgan fingerprint density at radius 2 is 1.94 bits per heavy atom. The Morgan fingerprint density at radius 1 is 1.22 bits per heavy atom. The number of fused-ring (bicyclic) bond motifs is 1. The number of rotatable bonds is 2. The van der Waals surface area contributed by atoms with Crippen molar-refractivity contribution in [1.82, 2.24) is 5.32 Å². The van der Waals surface area contributed by atoms with Gasteiger partial charge in [0.15, 0.2) is 0 Å². The molecule has 1 aromatic carbocycles. The Kier molecular flexibility index (Phi) is 3.08. The van der Waals surface area contributed by atoms with Gasteiger partial charge in [0.25, 0.3) is 0 Å². The molecule has 3 nitrogen and oxygen atoms in total. The standard InChI is InChI=1S/C15H20N2O/c16-13-8-14(9-13)17-15(18)12-6-5-10-3-1-2-4-11(10)7-12/h1-4,12-14H,5-9,16H2,(H,17,18). The van der Waals surface area contributed by atoms with Crippen molar-refractivity contribution in [2.45, 2.75) is 44.2 Å². The van der Waals surface area contributed by atoms with Gasteiger partial charge in [0.05, 0.1) is 0 Å². The average molecular weight is 244 g/mol. The molecule has 2 aliphatic carbocycles. The van der Waals surface area contributed by atoms with Crippen molar-refractivity contribution in [3.63, 3.8) is 0 Å². The molecule has 0 spiro atoms. The molecule has 3 N–H and O–H groups in total. The summed E-state index contributed by atoms with van der Waals surface area (Å²) in [5, 5.41) is 3.13. The number of carbonyl (C=O) groups excluding carboxylic acids is 1. The third-order valence-electron chi connectivity index (χ3n) is 4.24. The molecule has 1 saturated carbocycles. The molecule has 0 aliphatic heterocycles. The van der Waals surface area contributed by atoms with Gasteiger partial charge < -0.3 is 11.1 Å². The Balaban J connectivity index is 1.60. The quantitative estimate of drug-likeness (QED) is 0.826. The van der Waals surface area contributed by atoms with E-state index in [-0.39, 0.29) is 11.8 Å². The van der Waals surface area contributed by atoms with Crippen LogP contribution in [0.4, 0.5) is 0 Å². The van der Waals surface area contributed by atoms with Gasteiger partial charge in [-0.05, 0) is 43.2 Å². The average Bonchev–Trinajstić information content (AvgIpc) is 2.36. The van der Waals surface area contributed by atoms with E-state index in [1.54, 1.807) is 0 Å². The van der Waals surface area contributed by atoms with Gasteiger partial charge in [0.2, 0.25) is 5.91 Å². The first kappa shape index (κ1) is 11.7. The van der Waals surface area contributed by atoms with Crippen molar-refractivity contribution in [3.05, 3.63) is 35.4 Å². The molecule has 2 aliphatic rings. The van der Waals surface area contributed by atoms with Crippen LogP contribution in [0, 0.1) is 5.92 Å². The van der Waals surface area contributed by atoms with Gasteiger partial charge >= 0.3 is 0 Å². The summed E-state index contributed by atoms with van der Waals surface area (Å²) in [4.78, 5) is 12.2. The number of amides is 1. The molecular weight excluding hydrogens is 224 g/mol. The highest BCUT2D eigenvalue weighted by Gasteiger charge is 2.30. The number of hydrogen-bond acceptors (Lipinski definition) is 2. The van der Waals surface area contributed by atoms with Crippen LogP contribution in [-0.4, -0.2) is 18.0 Å². The molecule has 0 bridgehead atoms. The number of hydrogen-bond donors (Lipinski definition) is 2. The van der Waals surface area contributed by atoms with Crippen LogP contribution >= 0.6 is 0 Å². The van der Waals surface area contributed by atoms with Gasteiger partial charge in [-0.2, -0.15) is 0 Å². The summed E-state index contributed by atoms with van der Waals surface area (Å²) in [5.41, 5.74) is 8.49. The van der Waals surface area contributed by atoms with E-state index in [0.29, 0.717) is 12.1 Å². The van der Waals surface area contributed by atoms with Crippen LogP contribution in [0.1, 0.15) is 30.4 Å². The number of benzene rings is 1. The molecule has 1 unspecified atom stereocenters. The summed E-state index contributed by atoms with van der Waals surface area (Å²) in [6.07, 6.45) is 4.77. The Morgan fingerprint density at radius 3 is 2.67 bits per heavy atom. The van der Waals surface area contributed by atoms with Crippen LogP contribution in [0.2, 0.25) is 0 Å². The molecule has 96 valence electrons. The van der Waals surface area contributed by atoms with Gasteiger partial charge in [0.1, 0.15) is 0 Å². The van der Waals surface area contributed by atoms with Crippen molar-refractivity contribution in [1.29, 1.82) is 0 Å². The van der Waals surface area contributed by atoms with Crippen molar-refractivity contribution in [2.75, 3.05) is 0 Å². The highest BCUT2D eigenvalue weighted by atomic mass is 16.1. The molecule has 3 rings (SSSR count). The summed E-state index contributed by atoms with van der Waals surface area (Å²) in [6.45, 7) is 0. The van der Waals surface area contributed by atoms with Crippen molar-refractivity contribution >= 4 is 5.91 Å². The zero-order valence-corrected chi connectivity index (χ0v) is 10.6. The first-order valence-corrected chi connectivity index (χ1v) is 6.85. The minimum absolute atomic E-state index is 0.150. The van der Waals surface area contributed by atoms with Crippen molar-refractivity contribution in [2.24, 2.45) is 11.7 Å². The third-order valence-corrected chi connectivity index (χ3v) is 4.24. The molecule has 0 heterocycles. The Hall–Kier alpha value is -1.35. The first-order valence-electron chi connectivity index (χ1n) is 6.85. The van der Waals surface area contributed by atoms with E-state index in [0.717, 1.165) is 32.1 Å². The van der Waals surface area contributed by atoms with Crippen molar-refractivity contribution < 1.29 is 4.79 Å². The van der Waals surface area contributed by atoms with E-state index in [9.17, 15) is 4.79 Å². The second-order valence-electron chi connectivity index (χ2n) is 5.65. The van der Waals surface area contributed by atoms with Crippen LogP contribution in [0.3, 0.4) is 0 Å². The lowest BCUT2D eigenvalue weighted by Gasteiger charge is -2.34. The molecule has 0 aromatic heterocycles. The van der Waals surface area contributed by atoms with E-state index < -0.39 is 0 Å². The molecule has 1 fully saturated rings. The SMILES string of the molecule is NC1CC(NC(=O)C2CCc3ccccc3C2)C1. The van der Waals surface area contributed by atoms with E-state index in [1.807, 2.05) is 0 Å². The summed E-state index contributed by atoms with van der Waals surface area (Å²) < 4.78 is 0. The van der Waals surface area contributed by atoms with Gasteiger partial charge in [-0.1, -0.05) is 24.3 Å². The molecule has 18 heavy (non-hydrogen) atoms. The molecule has 1 amide bonds. The maximum Gasteiger partial charge on any atom is 0.223 e. The molecule has 1 atom stereocenters. The molecule has 0 radical (unpaired) electrons. The number of carbonyl (C=O) groups is 1. The fourth-order valence-electron chi connectivity index (χ4n) is 3.02. The van der Waals surface area contributed by atoms with Gasteiger partial charge in [-0.15, -0.1) is 0 Å². The van der Waals surface area contributed by atoms with E-state index in [4.69, 9.17) is 5.73 Å². The predicted molar refractivity (Wildman–Crippen MR) is 71.1 cm³/mol. The van der Waals surface area contributed by atoms with Crippen LogP contribution in [0.15, 0.2) is 24.3 Å². The van der Waals surface area contributed by atoms with Gasteiger partial charge in [-0.25, -0.2) is 0 Å². The highest BCUT2D eigenvalue weighted by Crippen LogP contribution is 2.26. The maximum absolute atomic E-state index is 12.2. The van der Waals surface area contributed by atoms with Crippen LogP contribution in [0.25, 0.3) is 0 Å². The molecule has 1 aromatic rings. The van der Waals surface area contributed by atoms with Crippen LogP contribution in [0.5, 0.6) is 0 Å². The largest absolute Gasteiger partial charge is 0.353 e. The summed E-state index contributed by atoms with van der Waals surface area (Å²) >= 11 is 0. The van der Waals surface area contributed by atoms with E-state index >= 15 is 0 Å². The second-order valence-corrected chi connectivity index (χ2v) is 5.65. The predicted octanol–water partition coefficient (Wildman–Crippen LogP) is 1.40. The third kappa shape index (κ3) is 2.27. The fourth-order valence-corrected chi connectivity index (χ4v) is 3.02. The number of nitrogens with two attached hydrogens (primary N) is 1. The number of aryl methyl sites for hydroxylation is 1. The lowest BCUT2D eigenvalue weighted by Crippen LogP contribution is -2.52. The minimum Gasteiger partial charge on any atom is -0.353 e. The zero-order valence-electron chi connectivity index (χ0n) is 10.6. The maximum atomic E-state index is 12.2.